The molecule has 0 unspecified atom stereocenters. The van der Waals surface area contributed by atoms with Gasteiger partial charge in [0.1, 0.15) is 11.2 Å². The van der Waals surface area contributed by atoms with E-state index in [2.05, 4.69) is 15.0 Å². The van der Waals surface area contributed by atoms with E-state index >= 15 is 0 Å². The molecule has 47 heavy (non-hydrogen) atoms. The monoisotopic (exact) mass is 628 g/mol. The van der Waals surface area contributed by atoms with Crippen molar-refractivity contribution in [2.24, 2.45) is 0 Å². The average Bonchev–Trinajstić information content (AvgIpc) is 3.77. The Balaban J connectivity index is 1.43. The third-order valence-electron chi connectivity index (χ3n) is 6.75. The van der Waals surface area contributed by atoms with Gasteiger partial charge in [0.25, 0.3) is 0 Å². The minimum absolute atomic E-state index is 0.440. The molecule has 0 fully saturated rings. The molecule has 0 radical (unpaired) electrons. The molecule has 4 heteroatoms. The van der Waals surface area contributed by atoms with Gasteiger partial charge in [-0.3, -0.25) is 0 Å². The van der Waals surface area contributed by atoms with Gasteiger partial charge in [-0.05, 0) is 63.2 Å². The third-order valence-corrected chi connectivity index (χ3v) is 6.75. The van der Waals surface area contributed by atoms with Gasteiger partial charge in [0, 0.05) is 27.5 Å². The second-order valence-electron chi connectivity index (χ2n) is 9.57. The van der Waals surface area contributed by atoms with Crippen LogP contribution >= 0.6 is 0 Å². The lowest BCUT2D eigenvalue weighted by molar-refractivity contribution is 0.669. The maximum absolute atomic E-state index is 9.63. The number of benzene rings is 7. The van der Waals surface area contributed by atoms with Crippen molar-refractivity contribution >= 4 is 32.7 Å². The van der Waals surface area contributed by atoms with Crippen molar-refractivity contribution in [3.63, 3.8) is 0 Å². The minimum atomic E-state index is -1.03. The molecule has 9 rings (SSSR count). The third kappa shape index (κ3) is 4.93. The highest BCUT2D eigenvalue weighted by molar-refractivity contribution is 6.12. The van der Waals surface area contributed by atoms with E-state index in [0.717, 1.165) is 0 Å². The van der Waals surface area contributed by atoms with Crippen LogP contribution in [0.5, 0.6) is 0 Å². The molecule has 0 aliphatic carbocycles. The summed E-state index contributed by atoms with van der Waals surface area (Å²) in [5, 5.41) is -2.27. The first-order chi connectivity index (χ1) is 34.5. The minimum Gasteiger partial charge on any atom is -0.456 e. The summed E-state index contributed by atoms with van der Waals surface area (Å²) in [4.78, 5) is 12.9. The molecule has 0 spiro atoms. The first kappa shape index (κ1) is 11.1. The molecule has 0 aliphatic rings. The van der Waals surface area contributed by atoms with Gasteiger partial charge < -0.3 is 4.42 Å². The van der Waals surface area contributed by atoms with Crippen molar-refractivity contribution in [2.75, 3.05) is 0 Å². The number of rotatable bonds is 5. The van der Waals surface area contributed by atoms with E-state index in [0.29, 0.717) is 0 Å². The summed E-state index contributed by atoms with van der Waals surface area (Å²) >= 11 is 0. The molecule has 0 atom stereocenters. The number of para-hydroxylation sites is 1. The topological polar surface area (TPSA) is 51.8 Å². The molecule has 7 aromatic carbocycles. The molecular weight excluding hydrogens is 574 g/mol. The Hall–Kier alpha value is -6.39. The number of aromatic nitrogens is 3. The molecule has 0 N–H and O–H groups in total. The van der Waals surface area contributed by atoms with Crippen LogP contribution in [0.15, 0.2) is 168 Å². The molecule has 9 aromatic rings. The van der Waals surface area contributed by atoms with E-state index in [-0.39, 0.29) is 0 Å². The molecular formula is C43H27N3O. The van der Waals surface area contributed by atoms with Crippen molar-refractivity contribution in [1.29, 1.82) is 0 Å². The van der Waals surface area contributed by atoms with Crippen molar-refractivity contribution < 1.29 is 41.4 Å². The summed E-state index contributed by atoms with van der Waals surface area (Å²) in [5.41, 5.74) is -6.35. The predicted octanol–water partition coefficient (Wildman–Crippen LogP) is 11.3. The average molecular weight is 629 g/mol. The summed E-state index contributed by atoms with van der Waals surface area (Å²) in [7, 11) is 0. The normalized spacial score (nSPS) is 19.4. The van der Waals surface area contributed by atoms with Crippen LogP contribution in [0.25, 0.3) is 89.1 Å². The Kier molecular flexibility index (Phi) is 2.66. The van der Waals surface area contributed by atoms with E-state index in [1.807, 2.05) is 0 Å². The Morgan fingerprint density at radius 1 is 0.383 bits per heavy atom. The second-order valence-corrected chi connectivity index (χ2v) is 9.57. The van der Waals surface area contributed by atoms with Crippen LogP contribution in [0.2, 0.25) is 0 Å². The fourth-order valence-electron chi connectivity index (χ4n) is 4.69. The Labute approximate surface area is 309 Å². The Bertz CT molecular complexity index is 4060. The maximum Gasteiger partial charge on any atom is 0.164 e. The molecule has 0 bridgehead atoms. The molecule has 0 aliphatic heterocycles. The van der Waals surface area contributed by atoms with Gasteiger partial charge in [0.05, 0.1) is 37.0 Å². The summed E-state index contributed by atoms with van der Waals surface area (Å²) in [6.45, 7) is 0. The molecule has 4 nitrogen and oxygen atoms in total. The number of hydrogen-bond donors (Lipinski definition) is 0. The lowest BCUT2D eigenvalue weighted by atomic mass is 9.97. The Morgan fingerprint density at radius 2 is 0.915 bits per heavy atom. The van der Waals surface area contributed by atoms with E-state index in [1.54, 1.807) is 0 Å². The molecule has 0 saturated heterocycles. The van der Waals surface area contributed by atoms with E-state index in [1.165, 1.54) is 0 Å². The van der Waals surface area contributed by atoms with Crippen molar-refractivity contribution in [1.82, 2.24) is 15.0 Å². The summed E-state index contributed by atoms with van der Waals surface area (Å²) in [5.74, 6) is -2.68. The first-order valence-corrected chi connectivity index (χ1v) is 13.5. The van der Waals surface area contributed by atoms with Crippen LogP contribution in [0, 0.1) is 0 Å². The quantitative estimate of drug-likeness (QED) is 0.190. The van der Waals surface area contributed by atoms with Crippen LogP contribution < -0.4 is 0 Å². The predicted molar refractivity (Wildman–Crippen MR) is 192 cm³/mol. The fourth-order valence-corrected chi connectivity index (χ4v) is 4.69. The largest absolute Gasteiger partial charge is 0.456 e. The Morgan fingerprint density at radius 3 is 1.68 bits per heavy atom. The van der Waals surface area contributed by atoms with Crippen molar-refractivity contribution in [3.8, 4) is 56.4 Å². The summed E-state index contributed by atoms with van der Waals surface area (Å²) in [6, 6.07) is -24.1. The highest BCUT2D eigenvalue weighted by Crippen LogP contribution is 2.38. The zero-order chi connectivity index (χ0) is 54.7. The van der Waals surface area contributed by atoms with Gasteiger partial charge >= 0.3 is 0 Å². The second kappa shape index (κ2) is 11.2. The van der Waals surface area contributed by atoms with Gasteiger partial charge in [-0.15, -0.1) is 0 Å². The molecule has 2 heterocycles. The summed E-state index contributed by atoms with van der Waals surface area (Å²) in [6.07, 6.45) is 0. The highest BCUT2D eigenvalue weighted by Gasteiger charge is 2.16. The number of nitrogens with zero attached hydrogens (tertiary/aromatic N) is 3. The van der Waals surface area contributed by atoms with Crippen molar-refractivity contribution in [3.05, 3.63) is 163 Å². The molecule has 220 valence electrons. The number of fused-ring (bicyclic) bond motifs is 4. The van der Waals surface area contributed by atoms with Crippen LogP contribution in [-0.4, -0.2) is 15.0 Å². The van der Waals surface area contributed by atoms with Crippen molar-refractivity contribution in [2.45, 2.75) is 0 Å². The maximum atomic E-state index is 9.63. The van der Waals surface area contributed by atoms with Crippen LogP contribution in [0.3, 0.4) is 0 Å². The van der Waals surface area contributed by atoms with Crippen LogP contribution in [0.1, 0.15) is 37.0 Å². The molecule has 2 aromatic heterocycles. The van der Waals surface area contributed by atoms with E-state index in [9.17, 15) is 4.11 Å². The number of hydrogen-bond acceptors (Lipinski definition) is 4. The van der Waals surface area contributed by atoms with Crippen LogP contribution in [0.4, 0.5) is 0 Å². The standard InChI is InChI=1S/C43H27N3O/c1-3-11-28(12-4-1)30-21-22-32-26-35(24-23-31(32)25-30)43-45-41(29-13-5-2-6-14-29)44-42(46-43)34-16-9-15-33(27-34)36-18-10-20-39-40(36)37-17-7-8-19-38(37)47-39/h1-27H/i1D,2D,3D,4D,5D,6D,7D,8D,9D,10D,11D,12D,13D,14D,15D,16D,17D,18D,19D,20D,21D,22D,23D,24D,25D,26D,27D. The van der Waals surface area contributed by atoms with E-state index in [4.69, 9.17) is 37.3 Å². The van der Waals surface area contributed by atoms with Gasteiger partial charge in [-0.25, -0.2) is 15.0 Å². The molecule has 0 amide bonds. The van der Waals surface area contributed by atoms with Gasteiger partial charge in [0.15, 0.2) is 17.5 Å². The zero-order valence-corrected chi connectivity index (χ0v) is 23.2. The highest BCUT2D eigenvalue weighted by atomic mass is 16.3. The lowest BCUT2D eigenvalue weighted by Crippen LogP contribution is -2.00. The fraction of sp³-hybridized carbons (Fsp3) is 0. The van der Waals surface area contributed by atoms with E-state index < -0.39 is 252 Å². The van der Waals surface area contributed by atoms with Crippen LogP contribution in [-0.2, 0) is 0 Å². The molecule has 0 saturated carbocycles. The lowest BCUT2D eigenvalue weighted by Gasteiger charge is -2.11. The number of furan rings is 1. The zero-order valence-electron chi connectivity index (χ0n) is 50.2. The first-order valence-electron chi connectivity index (χ1n) is 27.0. The van der Waals surface area contributed by atoms with Gasteiger partial charge in [-0.1, -0.05) is 133 Å². The summed E-state index contributed by atoms with van der Waals surface area (Å²) < 4.78 is 242. The van der Waals surface area contributed by atoms with Gasteiger partial charge in [-0.2, -0.15) is 0 Å². The smallest absolute Gasteiger partial charge is 0.164 e. The SMILES string of the molecule is [2H]c1c([2H])c([2H])c(-c2nc(-c3c([2H])c([2H])c([2H])c(-c4c([2H])c([2H])c([2H])c5oc6c([2H])c([2H])c([2H])c([2H])c6c45)c3[2H])nc(-c3c([2H])c([2H])c4c([2H])c(-c5c([2H])c([2H])c([2H])c([2H])c5[2H])c([2H])c([2H])c4c3[2H])n2)c([2H])c1[2H]. The van der Waals surface area contributed by atoms with Gasteiger partial charge in [0.2, 0.25) is 0 Å².